The zero-order valence-electron chi connectivity index (χ0n) is 11.3. The number of rotatable bonds is 3. The third kappa shape index (κ3) is 3.36. The van der Waals surface area contributed by atoms with Gasteiger partial charge in [-0.2, -0.15) is 0 Å². The molecule has 0 bridgehead atoms. The second kappa shape index (κ2) is 6.17. The molecule has 0 aliphatic rings. The molecule has 0 saturated carbocycles. The number of hydrogen-bond acceptors (Lipinski definition) is 3. The topological polar surface area (TPSA) is 54.0 Å². The van der Waals surface area contributed by atoms with Gasteiger partial charge in [0.2, 0.25) is 0 Å². The minimum Gasteiger partial charge on any atom is -0.372 e. The number of nitrogens with zero attached hydrogens (tertiary/aromatic N) is 1. The first kappa shape index (κ1) is 15.4. The molecule has 0 aliphatic carbocycles. The quantitative estimate of drug-likeness (QED) is 0.881. The van der Waals surface area contributed by atoms with Crippen LogP contribution in [-0.4, -0.2) is 17.9 Å². The summed E-state index contributed by atoms with van der Waals surface area (Å²) in [6.07, 6.45) is 1.01. The van der Waals surface area contributed by atoms with Gasteiger partial charge in [-0.3, -0.25) is 4.79 Å². The Hall–Kier alpha value is -2.02. The fraction of sp³-hybridized carbons (Fsp3) is 0.143. The number of hydrogen-bond donors (Lipinski definition) is 2. The molecule has 2 N–H and O–H groups in total. The number of aryl methyl sites for hydroxylation is 1. The van der Waals surface area contributed by atoms with Gasteiger partial charge >= 0.3 is 0 Å². The maximum absolute atomic E-state index is 13.5. The van der Waals surface area contributed by atoms with Crippen molar-refractivity contribution < 1.29 is 13.6 Å². The van der Waals surface area contributed by atoms with Crippen molar-refractivity contribution >= 4 is 33.3 Å². The largest absolute Gasteiger partial charge is 0.372 e. The molecule has 1 heterocycles. The van der Waals surface area contributed by atoms with Gasteiger partial charge in [-0.15, -0.1) is 0 Å². The van der Waals surface area contributed by atoms with E-state index in [9.17, 15) is 13.6 Å². The van der Waals surface area contributed by atoms with Crippen LogP contribution in [-0.2, 0) is 0 Å². The molecule has 1 amide bonds. The van der Waals surface area contributed by atoms with Crippen molar-refractivity contribution in [2.24, 2.45) is 0 Å². The van der Waals surface area contributed by atoms with E-state index in [0.717, 1.165) is 12.3 Å². The van der Waals surface area contributed by atoms with E-state index in [1.54, 1.807) is 20.0 Å². The summed E-state index contributed by atoms with van der Waals surface area (Å²) in [4.78, 5) is 16.0. The zero-order chi connectivity index (χ0) is 15.6. The Kier molecular flexibility index (Phi) is 4.52. The molecule has 0 saturated heterocycles. The number of carbonyl (C=O) groups excluding carboxylic acids is 1. The Balaban J connectivity index is 2.34. The van der Waals surface area contributed by atoms with Gasteiger partial charge < -0.3 is 10.6 Å². The molecule has 21 heavy (non-hydrogen) atoms. The monoisotopic (exact) mass is 355 g/mol. The van der Waals surface area contributed by atoms with E-state index in [1.165, 1.54) is 6.07 Å². The molecule has 4 nitrogen and oxygen atoms in total. The molecule has 0 fully saturated rings. The van der Waals surface area contributed by atoms with E-state index in [2.05, 4.69) is 31.5 Å². The van der Waals surface area contributed by atoms with Crippen molar-refractivity contribution in [3.05, 3.63) is 51.6 Å². The SMILES string of the molecule is CNc1ncc(F)cc1C(=O)Nc1cc(F)c(Br)cc1C. The molecule has 1 aromatic heterocycles. The molecule has 0 unspecified atom stereocenters. The van der Waals surface area contributed by atoms with Crippen LogP contribution in [0.1, 0.15) is 15.9 Å². The zero-order valence-corrected chi connectivity index (χ0v) is 12.9. The second-order valence-corrected chi connectivity index (χ2v) is 5.19. The Labute approximate surface area is 128 Å². The smallest absolute Gasteiger partial charge is 0.259 e. The van der Waals surface area contributed by atoms with Crippen LogP contribution in [0.4, 0.5) is 20.3 Å². The molecular formula is C14H12BrF2N3O. The van der Waals surface area contributed by atoms with Crippen LogP contribution < -0.4 is 10.6 Å². The maximum Gasteiger partial charge on any atom is 0.259 e. The van der Waals surface area contributed by atoms with Crippen LogP contribution in [0.3, 0.4) is 0 Å². The summed E-state index contributed by atoms with van der Waals surface area (Å²) in [6, 6.07) is 3.82. The number of aromatic nitrogens is 1. The van der Waals surface area contributed by atoms with Gasteiger partial charge in [0.05, 0.1) is 16.2 Å². The molecule has 0 spiro atoms. The van der Waals surface area contributed by atoms with E-state index in [4.69, 9.17) is 0 Å². The highest BCUT2D eigenvalue weighted by molar-refractivity contribution is 9.10. The van der Waals surface area contributed by atoms with Crippen LogP contribution in [0.5, 0.6) is 0 Å². The Morgan fingerprint density at radius 3 is 2.67 bits per heavy atom. The average molecular weight is 356 g/mol. The Morgan fingerprint density at radius 1 is 1.29 bits per heavy atom. The van der Waals surface area contributed by atoms with Crippen molar-refractivity contribution in [3.8, 4) is 0 Å². The number of amides is 1. The van der Waals surface area contributed by atoms with Crippen molar-refractivity contribution in [3.63, 3.8) is 0 Å². The van der Waals surface area contributed by atoms with Gasteiger partial charge in [0.15, 0.2) is 0 Å². The summed E-state index contributed by atoms with van der Waals surface area (Å²) in [7, 11) is 1.57. The highest BCUT2D eigenvalue weighted by Crippen LogP contribution is 2.25. The van der Waals surface area contributed by atoms with Gasteiger partial charge in [-0.25, -0.2) is 13.8 Å². The summed E-state index contributed by atoms with van der Waals surface area (Å²) in [5, 5.41) is 5.25. The molecule has 110 valence electrons. The summed E-state index contributed by atoms with van der Waals surface area (Å²) in [5.74, 6) is -1.46. The third-order valence-electron chi connectivity index (χ3n) is 2.85. The summed E-state index contributed by atoms with van der Waals surface area (Å²) in [6.45, 7) is 1.72. The first-order valence-electron chi connectivity index (χ1n) is 6.02. The lowest BCUT2D eigenvalue weighted by atomic mass is 10.1. The fourth-order valence-corrected chi connectivity index (χ4v) is 2.24. The third-order valence-corrected chi connectivity index (χ3v) is 3.46. The van der Waals surface area contributed by atoms with E-state index < -0.39 is 17.5 Å². The number of halogens is 3. The molecule has 0 atom stereocenters. The molecule has 7 heteroatoms. The van der Waals surface area contributed by atoms with Crippen molar-refractivity contribution in [1.29, 1.82) is 0 Å². The number of benzene rings is 1. The van der Waals surface area contributed by atoms with Gasteiger partial charge in [0, 0.05) is 12.7 Å². The van der Waals surface area contributed by atoms with Gasteiger partial charge in [0.1, 0.15) is 17.5 Å². The minimum absolute atomic E-state index is 0.0419. The summed E-state index contributed by atoms with van der Waals surface area (Å²) in [5.41, 5.74) is 1.03. The number of pyridine rings is 1. The molecule has 1 aromatic carbocycles. The normalized spacial score (nSPS) is 10.3. The molecule has 0 aliphatic heterocycles. The Morgan fingerprint density at radius 2 is 2.00 bits per heavy atom. The maximum atomic E-state index is 13.5. The predicted molar refractivity (Wildman–Crippen MR) is 80.5 cm³/mol. The van der Waals surface area contributed by atoms with Gasteiger partial charge in [-0.1, -0.05) is 0 Å². The van der Waals surface area contributed by atoms with Crippen LogP contribution >= 0.6 is 15.9 Å². The van der Waals surface area contributed by atoms with E-state index in [0.29, 0.717) is 15.7 Å². The minimum atomic E-state index is -0.627. The lowest BCUT2D eigenvalue weighted by Gasteiger charge is -2.11. The lowest BCUT2D eigenvalue weighted by Crippen LogP contribution is -2.16. The number of nitrogens with one attached hydrogen (secondary N) is 2. The van der Waals surface area contributed by atoms with Gasteiger partial charge in [-0.05, 0) is 46.6 Å². The van der Waals surface area contributed by atoms with Crippen LogP contribution in [0.2, 0.25) is 0 Å². The van der Waals surface area contributed by atoms with Crippen LogP contribution in [0.25, 0.3) is 0 Å². The van der Waals surface area contributed by atoms with Crippen LogP contribution in [0.15, 0.2) is 28.9 Å². The molecular weight excluding hydrogens is 344 g/mol. The van der Waals surface area contributed by atoms with E-state index >= 15 is 0 Å². The Bertz CT molecular complexity index is 707. The van der Waals surface area contributed by atoms with Gasteiger partial charge in [0.25, 0.3) is 5.91 Å². The second-order valence-electron chi connectivity index (χ2n) is 4.34. The van der Waals surface area contributed by atoms with Crippen molar-refractivity contribution in [2.45, 2.75) is 6.92 Å². The standard InChI is InChI=1S/C14H12BrF2N3O/c1-7-3-10(15)11(17)5-12(7)20-14(21)9-4-8(16)6-19-13(9)18-2/h3-6H,1-2H3,(H,18,19)(H,20,21). The number of anilines is 2. The average Bonchev–Trinajstić information content (AvgIpc) is 2.44. The lowest BCUT2D eigenvalue weighted by molar-refractivity contribution is 0.102. The molecule has 0 radical (unpaired) electrons. The number of carbonyl (C=O) groups is 1. The van der Waals surface area contributed by atoms with Crippen LogP contribution in [0, 0.1) is 18.6 Å². The predicted octanol–water partition coefficient (Wildman–Crippen LogP) is 3.72. The summed E-state index contributed by atoms with van der Waals surface area (Å²) < 4.78 is 27.1. The van der Waals surface area contributed by atoms with E-state index in [-0.39, 0.29) is 11.4 Å². The fourth-order valence-electron chi connectivity index (χ4n) is 1.78. The highest BCUT2D eigenvalue weighted by Gasteiger charge is 2.15. The first-order chi connectivity index (χ1) is 9.92. The van der Waals surface area contributed by atoms with Crippen molar-refractivity contribution in [1.82, 2.24) is 4.98 Å². The highest BCUT2D eigenvalue weighted by atomic mass is 79.9. The molecule has 2 aromatic rings. The first-order valence-corrected chi connectivity index (χ1v) is 6.82. The summed E-state index contributed by atoms with van der Waals surface area (Å²) >= 11 is 3.07. The van der Waals surface area contributed by atoms with Crippen molar-refractivity contribution in [2.75, 3.05) is 17.7 Å². The molecule has 2 rings (SSSR count). The van der Waals surface area contributed by atoms with E-state index in [1.807, 2.05) is 0 Å².